The molecule has 0 spiro atoms. The predicted molar refractivity (Wildman–Crippen MR) is 81.6 cm³/mol. The number of rotatable bonds is 6. The minimum Gasteiger partial charge on any atom is -0.380 e. The van der Waals surface area contributed by atoms with E-state index < -0.39 is 0 Å². The molecule has 2 rings (SSSR count). The van der Waals surface area contributed by atoms with Crippen molar-refractivity contribution in [3.05, 3.63) is 48.0 Å². The second kappa shape index (κ2) is 6.69. The van der Waals surface area contributed by atoms with E-state index in [1.54, 1.807) is 7.11 Å². The van der Waals surface area contributed by atoms with Gasteiger partial charge < -0.3 is 10.1 Å². The Morgan fingerprint density at radius 3 is 2.58 bits per heavy atom. The smallest absolute Gasteiger partial charge is 0.0699 e. The molecule has 1 N–H and O–H groups in total. The quantitative estimate of drug-likeness (QED) is 0.856. The van der Waals surface area contributed by atoms with Crippen molar-refractivity contribution < 1.29 is 4.74 Å². The van der Waals surface area contributed by atoms with Crippen molar-refractivity contribution in [2.24, 2.45) is 0 Å². The maximum absolute atomic E-state index is 5.49. The third-order valence-electron chi connectivity index (χ3n) is 3.72. The second-order valence-corrected chi connectivity index (χ2v) is 4.95. The SMILES string of the molecule is CCNC(Cc1cccc2ccccc12)C(C)OC. The third-order valence-corrected chi connectivity index (χ3v) is 3.72. The summed E-state index contributed by atoms with van der Waals surface area (Å²) in [6.45, 7) is 5.22. The van der Waals surface area contributed by atoms with E-state index in [0.29, 0.717) is 6.04 Å². The van der Waals surface area contributed by atoms with Crippen LogP contribution in [0.2, 0.25) is 0 Å². The highest BCUT2D eigenvalue weighted by Crippen LogP contribution is 2.20. The van der Waals surface area contributed by atoms with Gasteiger partial charge in [-0.25, -0.2) is 0 Å². The zero-order chi connectivity index (χ0) is 13.7. The molecule has 0 amide bonds. The fraction of sp³-hybridized carbons (Fsp3) is 0.412. The van der Waals surface area contributed by atoms with Crippen molar-refractivity contribution >= 4 is 10.8 Å². The van der Waals surface area contributed by atoms with E-state index in [1.807, 2.05) is 0 Å². The second-order valence-electron chi connectivity index (χ2n) is 4.95. The van der Waals surface area contributed by atoms with Gasteiger partial charge in [0.05, 0.1) is 6.10 Å². The molecule has 0 fully saturated rings. The lowest BCUT2D eigenvalue weighted by atomic mass is 9.96. The largest absolute Gasteiger partial charge is 0.380 e. The van der Waals surface area contributed by atoms with E-state index in [0.717, 1.165) is 13.0 Å². The first-order valence-electron chi connectivity index (χ1n) is 6.99. The maximum Gasteiger partial charge on any atom is 0.0699 e. The Labute approximate surface area is 115 Å². The fourth-order valence-electron chi connectivity index (χ4n) is 2.54. The van der Waals surface area contributed by atoms with E-state index in [9.17, 15) is 0 Å². The molecule has 0 aromatic heterocycles. The molecule has 0 bridgehead atoms. The Bertz CT molecular complexity index is 518. The molecular formula is C17H23NO. The number of methoxy groups -OCH3 is 1. The molecule has 0 radical (unpaired) electrons. The van der Waals surface area contributed by atoms with Crippen molar-refractivity contribution in [2.75, 3.05) is 13.7 Å². The van der Waals surface area contributed by atoms with E-state index in [4.69, 9.17) is 4.74 Å². The van der Waals surface area contributed by atoms with Crippen molar-refractivity contribution in [3.8, 4) is 0 Å². The topological polar surface area (TPSA) is 21.3 Å². The van der Waals surface area contributed by atoms with Crippen molar-refractivity contribution in [2.45, 2.75) is 32.4 Å². The number of benzene rings is 2. The fourth-order valence-corrected chi connectivity index (χ4v) is 2.54. The number of fused-ring (bicyclic) bond motifs is 1. The number of nitrogens with one attached hydrogen (secondary N) is 1. The zero-order valence-corrected chi connectivity index (χ0v) is 12.0. The molecule has 0 aliphatic rings. The van der Waals surface area contributed by atoms with Gasteiger partial charge in [0.25, 0.3) is 0 Å². The lowest BCUT2D eigenvalue weighted by Crippen LogP contribution is -2.41. The Morgan fingerprint density at radius 2 is 1.84 bits per heavy atom. The van der Waals surface area contributed by atoms with Gasteiger partial charge in [-0.05, 0) is 36.2 Å². The number of hydrogen-bond donors (Lipinski definition) is 1. The molecule has 2 heteroatoms. The van der Waals surface area contributed by atoms with Gasteiger partial charge >= 0.3 is 0 Å². The molecule has 102 valence electrons. The average molecular weight is 257 g/mol. The van der Waals surface area contributed by atoms with Crippen LogP contribution in [0.25, 0.3) is 10.8 Å². The first kappa shape index (κ1) is 14.0. The van der Waals surface area contributed by atoms with Gasteiger partial charge in [-0.1, -0.05) is 49.4 Å². The first-order valence-corrected chi connectivity index (χ1v) is 6.99. The Balaban J connectivity index is 2.28. The molecule has 0 saturated carbocycles. The Morgan fingerprint density at radius 1 is 1.11 bits per heavy atom. The molecule has 0 heterocycles. The number of likely N-dealkylation sites (N-methyl/N-ethyl adjacent to an activating group) is 1. The summed E-state index contributed by atoms with van der Waals surface area (Å²) in [7, 11) is 1.78. The number of hydrogen-bond acceptors (Lipinski definition) is 2. The van der Waals surface area contributed by atoms with Crippen LogP contribution >= 0.6 is 0 Å². The van der Waals surface area contributed by atoms with E-state index in [-0.39, 0.29) is 6.10 Å². The lowest BCUT2D eigenvalue weighted by molar-refractivity contribution is 0.0837. The molecule has 2 unspecified atom stereocenters. The van der Waals surface area contributed by atoms with E-state index in [2.05, 4.69) is 61.6 Å². The monoisotopic (exact) mass is 257 g/mol. The van der Waals surface area contributed by atoms with Crippen molar-refractivity contribution in [1.82, 2.24) is 5.32 Å². The van der Waals surface area contributed by atoms with Crippen molar-refractivity contribution in [3.63, 3.8) is 0 Å². The van der Waals surface area contributed by atoms with Crippen LogP contribution in [0.5, 0.6) is 0 Å². The van der Waals surface area contributed by atoms with Gasteiger partial charge in [0.2, 0.25) is 0 Å². The standard InChI is InChI=1S/C17H23NO/c1-4-18-17(13(2)19-3)12-15-10-7-9-14-8-5-6-11-16(14)15/h5-11,13,17-18H,4,12H2,1-3H3. The van der Waals surface area contributed by atoms with Gasteiger partial charge in [0.1, 0.15) is 0 Å². The third kappa shape index (κ3) is 3.34. The highest BCUT2D eigenvalue weighted by molar-refractivity contribution is 5.85. The predicted octanol–water partition coefficient (Wildman–Crippen LogP) is 3.40. The summed E-state index contributed by atoms with van der Waals surface area (Å²) in [5.74, 6) is 0. The molecule has 2 atom stereocenters. The molecule has 19 heavy (non-hydrogen) atoms. The Kier molecular flexibility index (Phi) is 4.94. The van der Waals surface area contributed by atoms with Gasteiger partial charge in [-0.3, -0.25) is 0 Å². The summed E-state index contributed by atoms with van der Waals surface area (Å²) in [5, 5.41) is 6.17. The van der Waals surface area contributed by atoms with E-state index in [1.165, 1.54) is 16.3 Å². The molecule has 2 aromatic carbocycles. The average Bonchev–Trinajstić information content (AvgIpc) is 2.46. The lowest BCUT2D eigenvalue weighted by Gasteiger charge is -2.24. The molecule has 2 nitrogen and oxygen atoms in total. The van der Waals surface area contributed by atoms with Crippen LogP contribution in [0.15, 0.2) is 42.5 Å². The molecule has 2 aromatic rings. The minimum absolute atomic E-state index is 0.207. The summed E-state index contributed by atoms with van der Waals surface area (Å²) < 4.78 is 5.49. The maximum atomic E-state index is 5.49. The van der Waals surface area contributed by atoms with Gasteiger partial charge in [-0.15, -0.1) is 0 Å². The van der Waals surface area contributed by atoms with Gasteiger partial charge in [-0.2, -0.15) is 0 Å². The molecule has 0 saturated heterocycles. The van der Waals surface area contributed by atoms with Crippen LogP contribution in [0.3, 0.4) is 0 Å². The first-order chi connectivity index (χ1) is 9.26. The summed E-state index contributed by atoms with van der Waals surface area (Å²) in [6, 6.07) is 15.4. The van der Waals surface area contributed by atoms with Crippen LogP contribution in [0, 0.1) is 0 Å². The normalized spacial score (nSPS) is 14.5. The van der Waals surface area contributed by atoms with Crippen LogP contribution in [-0.2, 0) is 11.2 Å². The molecule has 0 aliphatic carbocycles. The Hall–Kier alpha value is -1.38. The molecule has 0 aliphatic heterocycles. The van der Waals surface area contributed by atoms with Crippen LogP contribution < -0.4 is 5.32 Å². The highest BCUT2D eigenvalue weighted by atomic mass is 16.5. The minimum atomic E-state index is 0.207. The highest BCUT2D eigenvalue weighted by Gasteiger charge is 2.17. The summed E-state index contributed by atoms with van der Waals surface area (Å²) >= 11 is 0. The van der Waals surface area contributed by atoms with Crippen LogP contribution in [-0.4, -0.2) is 25.8 Å². The van der Waals surface area contributed by atoms with Crippen LogP contribution in [0.1, 0.15) is 19.4 Å². The van der Waals surface area contributed by atoms with Gasteiger partial charge in [0, 0.05) is 13.2 Å². The summed E-state index contributed by atoms with van der Waals surface area (Å²) in [6.07, 6.45) is 1.20. The number of ether oxygens (including phenoxy) is 1. The summed E-state index contributed by atoms with van der Waals surface area (Å²) in [4.78, 5) is 0. The summed E-state index contributed by atoms with van der Waals surface area (Å²) in [5.41, 5.74) is 1.38. The van der Waals surface area contributed by atoms with E-state index >= 15 is 0 Å². The van der Waals surface area contributed by atoms with Gasteiger partial charge in [0.15, 0.2) is 0 Å². The van der Waals surface area contributed by atoms with Crippen LogP contribution in [0.4, 0.5) is 0 Å². The van der Waals surface area contributed by atoms with Crippen molar-refractivity contribution in [1.29, 1.82) is 0 Å². The zero-order valence-electron chi connectivity index (χ0n) is 12.0. The molecular weight excluding hydrogens is 234 g/mol.